The third kappa shape index (κ3) is 2.19. The Hall–Kier alpha value is -1.48. The lowest BCUT2D eigenvalue weighted by atomic mass is 10.1. The van der Waals surface area contributed by atoms with Crippen LogP contribution in [0.25, 0.3) is 11.1 Å². The van der Waals surface area contributed by atoms with Gasteiger partial charge in [-0.1, -0.05) is 12.1 Å². The van der Waals surface area contributed by atoms with Gasteiger partial charge in [-0.3, -0.25) is 0 Å². The van der Waals surface area contributed by atoms with E-state index in [9.17, 15) is 4.79 Å². The first-order chi connectivity index (χ1) is 7.70. The maximum absolute atomic E-state index is 11.1. The lowest BCUT2D eigenvalue weighted by molar-refractivity contribution is 0.511. The largest absolute Gasteiger partial charge is 0.431 e. The molecule has 0 aliphatic rings. The number of benzene rings is 1. The molecule has 0 aliphatic carbocycles. The van der Waals surface area contributed by atoms with Crippen LogP contribution in [0.15, 0.2) is 50.7 Å². The van der Waals surface area contributed by atoms with E-state index >= 15 is 0 Å². The Morgan fingerprint density at radius 3 is 2.50 bits per heavy atom. The summed E-state index contributed by atoms with van der Waals surface area (Å²) in [7, 11) is 0. The molecule has 0 atom stereocenters. The number of rotatable bonds is 2. The molecule has 1 heterocycles. The maximum Gasteiger partial charge on any atom is 0.336 e. The molecule has 82 valence electrons. The molecule has 0 spiro atoms. The summed E-state index contributed by atoms with van der Waals surface area (Å²) >= 11 is 1.72. The van der Waals surface area contributed by atoms with Crippen molar-refractivity contribution in [3.8, 4) is 11.1 Å². The van der Waals surface area contributed by atoms with Gasteiger partial charge in [-0.05, 0) is 42.0 Å². The van der Waals surface area contributed by atoms with Crippen molar-refractivity contribution in [2.24, 2.45) is 0 Å². The quantitative estimate of drug-likeness (QED) is 0.744. The average Bonchev–Trinajstić information content (AvgIpc) is 2.29. The molecular formula is C13H12O2S. The second-order valence-corrected chi connectivity index (χ2v) is 4.37. The van der Waals surface area contributed by atoms with Gasteiger partial charge in [0.2, 0.25) is 0 Å². The highest BCUT2D eigenvalue weighted by Gasteiger charge is 2.02. The summed E-state index contributed by atoms with van der Waals surface area (Å²) in [5.41, 5.74) is 2.84. The van der Waals surface area contributed by atoms with Crippen molar-refractivity contribution in [3.63, 3.8) is 0 Å². The molecule has 0 saturated carbocycles. The smallest absolute Gasteiger partial charge is 0.336 e. The van der Waals surface area contributed by atoms with Gasteiger partial charge < -0.3 is 4.42 Å². The Morgan fingerprint density at radius 2 is 1.88 bits per heavy atom. The molecule has 1 aromatic heterocycles. The fraction of sp³-hybridized carbons (Fsp3) is 0.154. The zero-order valence-corrected chi connectivity index (χ0v) is 10.0. The molecule has 0 unspecified atom stereocenters. The van der Waals surface area contributed by atoms with Gasteiger partial charge in [-0.25, -0.2) is 4.79 Å². The van der Waals surface area contributed by atoms with Gasteiger partial charge in [0.25, 0.3) is 0 Å². The van der Waals surface area contributed by atoms with E-state index in [1.165, 1.54) is 22.8 Å². The molecule has 1 aromatic carbocycles. The Labute approximate surface area is 98.3 Å². The van der Waals surface area contributed by atoms with Crippen molar-refractivity contribution in [2.75, 3.05) is 6.26 Å². The second-order valence-electron chi connectivity index (χ2n) is 3.52. The van der Waals surface area contributed by atoms with E-state index < -0.39 is 0 Å². The van der Waals surface area contributed by atoms with E-state index in [-0.39, 0.29) is 5.63 Å². The summed E-state index contributed by atoms with van der Waals surface area (Å²) in [6.45, 7) is 2.07. The minimum Gasteiger partial charge on any atom is -0.431 e. The second kappa shape index (κ2) is 4.58. The molecule has 0 saturated heterocycles. The van der Waals surface area contributed by atoms with Gasteiger partial charge in [0.15, 0.2) is 0 Å². The first-order valence-electron chi connectivity index (χ1n) is 4.94. The fourth-order valence-electron chi connectivity index (χ4n) is 1.62. The Kier molecular flexibility index (Phi) is 3.15. The molecule has 0 fully saturated rings. The summed E-state index contributed by atoms with van der Waals surface area (Å²) < 4.78 is 4.70. The Bertz CT molecular complexity index is 558. The molecule has 16 heavy (non-hydrogen) atoms. The summed E-state index contributed by atoms with van der Waals surface area (Å²) in [5.74, 6) is 0. The van der Waals surface area contributed by atoms with E-state index in [2.05, 4.69) is 25.3 Å². The summed E-state index contributed by atoms with van der Waals surface area (Å²) in [6.07, 6.45) is 3.48. The highest BCUT2D eigenvalue weighted by atomic mass is 32.2. The molecule has 0 aliphatic heterocycles. The lowest BCUT2D eigenvalue weighted by Crippen LogP contribution is -1.95. The molecule has 2 aromatic rings. The van der Waals surface area contributed by atoms with Crippen LogP contribution in [0.3, 0.4) is 0 Å². The third-order valence-corrected chi connectivity index (χ3v) is 3.33. The van der Waals surface area contributed by atoms with Crippen molar-refractivity contribution in [2.45, 2.75) is 11.8 Å². The zero-order chi connectivity index (χ0) is 11.5. The van der Waals surface area contributed by atoms with Gasteiger partial charge >= 0.3 is 5.63 Å². The molecule has 0 amide bonds. The van der Waals surface area contributed by atoms with Crippen LogP contribution in [-0.2, 0) is 0 Å². The summed E-state index contributed by atoms with van der Waals surface area (Å²) in [5, 5.41) is 0. The van der Waals surface area contributed by atoms with Crippen molar-refractivity contribution < 1.29 is 4.42 Å². The predicted molar refractivity (Wildman–Crippen MR) is 66.9 cm³/mol. The minimum atomic E-state index is -0.316. The van der Waals surface area contributed by atoms with Gasteiger partial charge in [-0.15, -0.1) is 11.8 Å². The Morgan fingerprint density at radius 1 is 1.12 bits per heavy atom. The van der Waals surface area contributed by atoms with E-state index in [4.69, 9.17) is 4.42 Å². The van der Waals surface area contributed by atoms with Crippen LogP contribution in [-0.4, -0.2) is 6.26 Å². The minimum absolute atomic E-state index is 0.316. The Balaban J connectivity index is 2.49. The molecule has 2 nitrogen and oxygen atoms in total. The molecular weight excluding hydrogens is 220 g/mol. The van der Waals surface area contributed by atoms with Crippen molar-refractivity contribution in [3.05, 3.63) is 52.6 Å². The highest BCUT2D eigenvalue weighted by molar-refractivity contribution is 7.98. The fourth-order valence-corrected chi connectivity index (χ4v) is 2.21. The van der Waals surface area contributed by atoms with E-state index in [0.717, 1.165) is 11.1 Å². The van der Waals surface area contributed by atoms with Gasteiger partial charge in [-0.2, -0.15) is 0 Å². The van der Waals surface area contributed by atoms with Gasteiger partial charge in [0, 0.05) is 11.0 Å². The first kappa shape index (κ1) is 11.0. The van der Waals surface area contributed by atoms with Crippen LogP contribution < -0.4 is 5.63 Å². The number of aryl methyl sites for hydroxylation is 1. The topological polar surface area (TPSA) is 30.2 Å². The summed E-state index contributed by atoms with van der Waals surface area (Å²) in [4.78, 5) is 12.4. The average molecular weight is 232 g/mol. The third-order valence-electron chi connectivity index (χ3n) is 2.43. The number of hydrogen-bond donors (Lipinski definition) is 0. The van der Waals surface area contributed by atoms with E-state index in [1.54, 1.807) is 17.8 Å². The maximum atomic E-state index is 11.1. The SMILES string of the molecule is CSc1ccc(-c2ccoc(=O)c2)cc1C. The first-order valence-corrected chi connectivity index (χ1v) is 6.17. The molecule has 0 N–H and O–H groups in total. The van der Waals surface area contributed by atoms with E-state index in [0.29, 0.717) is 0 Å². The van der Waals surface area contributed by atoms with Crippen molar-refractivity contribution in [1.82, 2.24) is 0 Å². The normalized spacial score (nSPS) is 10.4. The van der Waals surface area contributed by atoms with E-state index in [1.807, 2.05) is 6.07 Å². The molecule has 0 radical (unpaired) electrons. The summed E-state index contributed by atoms with van der Waals surface area (Å²) in [6, 6.07) is 9.49. The van der Waals surface area contributed by atoms with Crippen LogP contribution in [0.5, 0.6) is 0 Å². The van der Waals surface area contributed by atoms with Crippen LogP contribution in [0.2, 0.25) is 0 Å². The van der Waals surface area contributed by atoms with Crippen LogP contribution in [0, 0.1) is 6.92 Å². The monoisotopic (exact) mass is 232 g/mol. The lowest BCUT2D eigenvalue weighted by Gasteiger charge is -2.05. The molecule has 2 rings (SSSR count). The van der Waals surface area contributed by atoms with Crippen molar-refractivity contribution in [1.29, 1.82) is 0 Å². The highest BCUT2D eigenvalue weighted by Crippen LogP contribution is 2.25. The van der Waals surface area contributed by atoms with Gasteiger partial charge in [0.05, 0.1) is 6.26 Å². The number of hydrogen-bond acceptors (Lipinski definition) is 3. The van der Waals surface area contributed by atoms with Crippen molar-refractivity contribution >= 4 is 11.8 Å². The number of thioether (sulfide) groups is 1. The van der Waals surface area contributed by atoms with Crippen LogP contribution >= 0.6 is 11.8 Å². The zero-order valence-electron chi connectivity index (χ0n) is 9.19. The van der Waals surface area contributed by atoms with Crippen LogP contribution in [0.1, 0.15) is 5.56 Å². The van der Waals surface area contributed by atoms with Gasteiger partial charge in [0.1, 0.15) is 0 Å². The molecule has 3 heteroatoms. The van der Waals surface area contributed by atoms with Crippen LogP contribution in [0.4, 0.5) is 0 Å². The molecule has 0 bridgehead atoms. The standard InChI is InChI=1S/C13H12O2S/c1-9-7-10(3-4-12(9)16-2)11-5-6-15-13(14)8-11/h3-8H,1-2H3. The predicted octanol–water partition coefficient (Wildman–Crippen LogP) is 3.34.